The van der Waals surface area contributed by atoms with Gasteiger partial charge in [0.05, 0.1) is 5.51 Å². The van der Waals surface area contributed by atoms with Crippen LogP contribution in [0.5, 0.6) is 0 Å². The van der Waals surface area contributed by atoms with Crippen LogP contribution < -0.4 is 5.32 Å². The van der Waals surface area contributed by atoms with Crippen LogP contribution in [-0.4, -0.2) is 34.6 Å². The van der Waals surface area contributed by atoms with Gasteiger partial charge >= 0.3 is 0 Å². The highest BCUT2D eigenvalue weighted by molar-refractivity contribution is 7.09. The molecule has 0 saturated carbocycles. The molecule has 2 heterocycles. The summed E-state index contributed by atoms with van der Waals surface area (Å²) >= 11 is 1.76. The molecule has 0 radical (unpaired) electrons. The van der Waals surface area contributed by atoms with Crippen molar-refractivity contribution in [1.82, 2.24) is 15.2 Å². The fourth-order valence-corrected chi connectivity index (χ4v) is 2.84. The Hall–Kier alpha value is -0.450. The number of nitrogens with one attached hydrogen (secondary N) is 1. The molecule has 3 nitrogen and oxygen atoms in total. The van der Waals surface area contributed by atoms with Crippen LogP contribution in [-0.2, 0) is 6.54 Å². The maximum absolute atomic E-state index is 4.16. The molecule has 1 saturated heterocycles. The van der Waals surface area contributed by atoms with Crippen molar-refractivity contribution in [3.8, 4) is 0 Å². The van der Waals surface area contributed by atoms with Gasteiger partial charge in [-0.05, 0) is 20.3 Å². The molecule has 0 bridgehead atoms. The third-order valence-corrected chi connectivity index (χ3v) is 4.45. The molecular weight excluding hydrogens is 218 g/mol. The van der Waals surface area contributed by atoms with Crippen molar-refractivity contribution >= 4 is 11.3 Å². The topological polar surface area (TPSA) is 28.2 Å². The Morgan fingerprint density at radius 3 is 3.12 bits per heavy atom. The molecule has 2 unspecified atom stereocenters. The highest BCUT2D eigenvalue weighted by Gasteiger charge is 2.34. The van der Waals surface area contributed by atoms with Gasteiger partial charge < -0.3 is 5.32 Å². The van der Waals surface area contributed by atoms with E-state index in [-0.39, 0.29) is 5.54 Å². The Labute approximate surface area is 102 Å². The summed E-state index contributed by atoms with van der Waals surface area (Å²) in [6.07, 6.45) is 3.18. The Morgan fingerprint density at radius 2 is 2.50 bits per heavy atom. The third kappa shape index (κ3) is 2.44. The molecule has 4 heteroatoms. The zero-order chi connectivity index (χ0) is 11.6. The van der Waals surface area contributed by atoms with Crippen molar-refractivity contribution < 1.29 is 0 Å². The molecule has 0 aliphatic carbocycles. The minimum absolute atomic E-state index is 0.288. The van der Waals surface area contributed by atoms with E-state index in [2.05, 4.69) is 36.0 Å². The van der Waals surface area contributed by atoms with Gasteiger partial charge in [-0.3, -0.25) is 9.88 Å². The second-order valence-electron chi connectivity index (χ2n) is 4.98. The molecule has 2 atom stereocenters. The summed E-state index contributed by atoms with van der Waals surface area (Å²) in [4.78, 5) is 8.12. The summed E-state index contributed by atoms with van der Waals surface area (Å²) in [6.45, 7) is 10.1. The predicted molar refractivity (Wildman–Crippen MR) is 68.7 cm³/mol. The van der Waals surface area contributed by atoms with E-state index in [1.165, 1.54) is 11.3 Å². The highest BCUT2D eigenvalue weighted by Crippen LogP contribution is 2.25. The number of hydrogen-bond donors (Lipinski definition) is 1. The zero-order valence-corrected chi connectivity index (χ0v) is 11.2. The molecule has 1 aliphatic heterocycles. The third-order valence-electron chi connectivity index (χ3n) is 3.68. The lowest BCUT2D eigenvalue weighted by atomic mass is 9.92. The van der Waals surface area contributed by atoms with Crippen molar-refractivity contribution in [2.45, 2.75) is 45.3 Å². The van der Waals surface area contributed by atoms with Crippen LogP contribution in [0.3, 0.4) is 0 Å². The van der Waals surface area contributed by atoms with Gasteiger partial charge in [0.15, 0.2) is 0 Å². The van der Waals surface area contributed by atoms with Gasteiger partial charge in [0, 0.05) is 42.3 Å². The van der Waals surface area contributed by atoms with Gasteiger partial charge in [0.25, 0.3) is 0 Å². The van der Waals surface area contributed by atoms with E-state index in [1.807, 2.05) is 11.7 Å². The lowest BCUT2D eigenvalue weighted by molar-refractivity contribution is 0.0462. The summed E-state index contributed by atoms with van der Waals surface area (Å²) in [5, 5.41) is 3.58. The van der Waals surface area contributed by atoms with E-state index < -0.39 is 0 Å². The Bertz CT molecular complexity index is 325. The molecule has 1 aromatic rings. The molecule has 1 aliphatic rings. The Kier molecular flexibility index (Phi) is 3.62. The molecule has 90 valence electrons. The first-order chi connectivity index (χ1) is 7.64. The van der Waals surface area contributed by atoms with Gasteiger partial charge in [-0.2, -0.15) is 0 Å². The van der Waals surface area contributed by atoms with E-state index in [0.29, 0.717) is 6.04 Å². The normalized spacial score (nSPS) is 31.8. The number of rotatable bonds is 3. The van der Waals surface area contributed by atoms with Crippen LogP contribution in [0.1, 0.15) is 32.1 Å². The molecule has 0 amide bonds. The van der Waals surface area contributed by atoms with Crippen LogP contribution in [0.15, 0.2) is 11.7 Å². The van der Waals surface area contributed by atoms with E-state index in [1.54, 1.807) is 11.3 Å². The molecule has 2 rings (SSSR count). The first-order valence-electron chi connectivity index (χ1n) is 6.00. The van der Waals surface area contributed by atoms with Crippen molar-refractivity contribution in [3.05, 3.63) is 16.6 Å². The number of piperazine rings is 1. The van der Waals surface area contributed by atoms with E-state index in [9.17, 15) is 0 Å². The number of nitrogens with zero attached hydrogens (tertiary/aromatic N) is 2. The van der Waals surface area contributed by atoms with Crippen molar-refractivity contribution in [3.63, 3.8) is 0 Å². The van der Waals surface area contributed by atoms with E-state index >= 15 is 0 Å². The average molecular weight is 239 g/mol. The highest BCUT2D eigenvalue weighted by atomic mass is 32.1. The average Bonchev–Trinajstić information content (AvgIpc) is 2.77. The maximum atomic E-state index is 4.16. The molecule has 1 aromatic heterocycles. The van der Waals surface area contributed by atoms with Crippen molar-refractivity contribution in [1.29, 1.82) is 0 Å². The number of aromatic nitrogens is 1. The van der Waals surface area contributed by atoms with Crippen LogP contribution in [0.2, 0.25) is 0 Å². The molecule has 1 N–H and O–H groups in total. The second kappa shape index (κ2) is 4.82. The van der Waals surface area contributed by atoms with Crippen LogP contribution in [0.4, 0.5) is 0 Å². The SMILES string of the molecule is CCC1(C)CNC(C)CN1Cc1cncs1. The summed E-state index contributed by atoms with van der Waals surface area (Å²) in [5.74, 6) is 0. The van der Waals surface area contributed by atoms with Crippen LogP contribution in [0, 0.1) is 0 Å². The molecule has 0 spiro atoms. The minimum Gasteiger partial charge on any atom is -0.311 e. The van der Waals surface area contributed by atoms with Gasteiger partial charge in [-0.1, -0.05) is 6.92 Å². The monoisotopic (exact) mass is 239 g/mol. The van der Waals surface area contributed by atoms with Gasteiger partial charge in [-0.25, -0.2) is 0 Å². The Balaban J connectivity index is 2.09. The molecular formula is C12H21N3S. The van der Waals surface area contributed by atoms with Gasteiger partial charge in [-0.15, -0.1) is 11.3 Å². The van der Waals surface area contributed by atoms with Crippen LogP contribution >= 0.6 is 11.3 Å². The standard InChI is InChI=1S/C12H21N3S/c1-4-12(3)8-14-10(2)6-15(12)7-11-5-13-9-16-11/h5,9-10,14H,4,6-8H2,1-3H3. The molecule has 16 heavy (non-hydrogen) atoms. The van der Waals surface area contributed by atoms with Crippen LogP contribution in [0.25, 0.3) is 0 Å². The summed E-state index contributed by atoms with van der Waals surface area (Å²) in [6, 6.07) is 0.590. The minimum atomic E-state index is 0.288. The summed E-state index contributed by atoms with van der Waals surface area (Å²) in [7, 11) is 0. The van der Waals surface area contributed by atoms with E-state index in [4.69, 9.17) is 0 Å². The second-order valence-corrected chi connectivity index (χ2v) is 5.95. The van der Waals surface area contributed by atoms with E-state index in [0.717, 1.165) is 19.6 Å². The quantitative estimate of drug-likeness (QED) is 0.875. The molecule has 1 fully saturated rings. The largest absolute Gasteiger partial charge is 0.311 e. The first kappa shape index (κ1) is 12.0. The van der Waals surface area contributed by atoms with Crippen molar-refractivity contribution in [2.75, 3.05) is 13.1 Å². The predicted octanol–water partition coefficient (Wildman–Crippen LogP) is 2.11. The first-order valence-corrected chi connectivity index (χ1v) is 6.88. The summed E-state index contributed by atoms with van der Waals surface area (Å²) < 4.78 is 0. The van der Waals surface area contributed by atoms with Gasteiger partial charge in [0.2, 0.25) is 0 Å². The molecule has 0 aromatic carbocycles. The summed E-state index contributed by atoms with van der Waals surface area (Å²) in [5.41, 5.74) is 2.21. The fraction of sp³-hybridized carbons (Fsp3) is 0.750. The number of thiazole rings is 1. The maximum Gasteiger partial charge on any atom is 0.0794 e. The Morgan fingerprint density at radius 1 is 1.69 bits per heavy atom. The fourth-order valence-electron chi connectivity index (χ4n) is 2.23. The lowest BCUT2D eigenvalue weighted by Crippen LogP contribution is -2.61. The smallest absolute Gasteiger partial charge is 0.0794 e. The van der Waals surface area contributed by atoms with Crippen molar-refractivity contribution in [2.24, 2.45) is 0 Å². The number of hydrogen-bond acceptors (Lipinski definition) is 4. The lowest BCUT2D eigenvalue weighted by Gasteiger charge is -2.47. The zero-order valence-electron chi connectivity index (χ0n) is 10.4. The van der Waals surface area contributed by atoms with Gasteiger partial charge in [0.1, 0.15) is 0 Å².